The van der Waals surface area contributed by atoms with Gasteiger partial charge in [0.1, 0.15) is 46.0 Å². The highest BCUT2D eigenvalue weighted by atomic mass is 16.5. The molecular weight excluding hydrogens is 604 g/mol. The molecule has 4 aliphatic rings. The SMILES string of the molecule is c1ccc(N(c2ccc3c(c2)B2c4ccccc4Oc4cccc(c42)O3)c2ccc3c(c2)B2c4ccccc4Oc4cccc(c42)O3)cc1. The van der Waals surface area contributed by atoms with E-state index in [1.54, 1.807) is 0 Å². The molecule has 0 radical (unpaired) electrons. The van der Waals surface area contributed by atoms with Crippen LogP contribution in [0.3, 0.4) is 0 Å². The van der Waals surface area contributed by atoms with Crippen molar-refractivity contribution < 1.29 is 18.9 Å². The molecule has 4 heterocycles. The summed E-state index contributed by atoms with van der Waals surface area (Å²) in [6, 6.07) is 52.4. The van der Waals surface area contributed by atoms with E-state index in [2.05, 4.69) is 95.9 Å². The van der Waals surface area contributed by atoms with Crippen LogP contribution in [0.5, 0.6) is 46.0 Å². The molecule has 0 saturated heterocycles. The molecule has 5 nitrogen and oxygen atoms in total. The van der Waals surface area contributed by atoms with Crippen molar-refractivity contribution in [2.24, 2.45) is 0 Å². The monoisotopic (exact) mass is 629 g/mol. The van der Waals surface area contributed by atoms with Crippen molar-refractivity contribution in [1.29, 1.82) is 0 Å². The summed E-state index contributed by atoms with van der Waals surface area (Å²) in [5.74, 6) is 6.80. The smallest absolute Gasteiger partial charge is 0.260 e. The lowest BCUT2D eigenvalue weighted by Crippen LogP contribution is -2.57. The van der Waals surface area contributed by atoms with E-state index in [1.807, 2.05) is 60.7 Å². The molecule has 0 atom stereocenters. The van der Waals surface area contributed by atoms with Gasteiger partial charge in [0, 0.05) is 28.0 Å². The number of para-hydroxylation sites is 3. The van der Waals surface area contributed by atoms with Gasteiger partial charge in [-0.05, 0) is 107 Å². The number of hydrogen-bond acceptors (Lipinski definition) is 5. The minimum absolute atomic E-state index is 0.0249. The minimum Gasteiger partial charge on any atom is -0.458 e. The number of hydrogen-bond donors (Lipinski definition) is 0. The largest absolute Gasteiger partial charge is 0.458 e. The first-order valence-electron chi connectivity index (χ1n) is 16.6. The van der Waals surface area contributed by atoms with Crippen molar-refractivity contribution in [3.63, 3.8) is 0 Å². The van der Waals surface area contributed by atoms with Crippen LogP contribution in [0.2, 0.25) is 0 Å². The molecule has 7 aromatic carbocycles. The summed E-state index contributed by atoms with van der Waals surface area (Å²) in [6.45, 7) is -0.0499. The summed E-state index contributed by atoms with van der Waals surface area (Å²) in [7, 11) is 0. The predicted molar refractivity (Wildman–Crippen MR) is 197 cm³/mol. The molecule has 0 aliphatic carbocycles. The van der Waals surface area contributed by atoms with Crippen molar-refractivity contribution in [3.8, 4) is 46.0 Å². The van der Waals surface area contributed by atoms with Crippen molar-refractivity contribution in [2.45, 2.75) is 0 Å². The Morgan fingerprint density at radius 3 is 1.16 bits per heavy atom. The van der Waals surface area contributed by atoms with Gasteiger partial charge in [-0.15, -0.1) is 0 Å². The van der Waals surface area contributed by atoms with Gasteiger partial charge in [0.2, 0.25) is 0 Å². The van der Waals surface area contributed by atoms with Crippen LogP contribution in [0.4, 0.5) is 17.1 Å². The molecule has 228 valence electrons. The van der Waals surface area contributed by atoms with Crippen molar-refractivity contribution >= 4 is 63.3 Å². The fourth-order valence-electron chi connectivity index (χ4n) is 8.04. The van der Waals surface area contributed by atoms with Gasteiger partial charge < -0.3 is 23.8 Å². The van der Waals surface area contributed by atoms with Gasteiger partial charge in [0.25, 0.3) is 13.4 Å². The Balaban J connectivity index is 1.10. The maximum Gasteiger partial charge on any atom is 0.260 e. The number of fused-ring (bicyclic) bond motifs is 8. The first-order valence-corrected chi connectivity index (χ1v) is 16.6. The van der Waals surface area contributed by atoms with Crippen LogP contribution >= 0.6 is 0 Å². The van der Waals surface area contributed by atoms with E-state index in [1.165, 1.54) is 0 Å². The van der Waals surface area contributed by atoms with Gasteiger partial charge in [0.15, 0.2) is 0 Å². The highest BCUT2D eigenvalue weighted by Crippen LogP contribution is 2.41. The topological polar surface area (TPSA) is 40.2 Å². The third kappa shape index (κ3) is 3.90. The molecule has 0 bridgehead atoms. The molecule has 0 fully saturated rings. The lowest BCUT2D eigenvalue weighted by molar-refractivity contribution is 0.464. The van der Waals surface area contributed by atoms with E-state index in [-0.39, 0.29) is 13.4 Å². The first-order chi connectivity index (χ1) is 24.3. The Morgan fingerprint density at radius 1 is 0.306 bits per heavy atom. The molecular formula is C42H25B2NO4. The Labute approximate surface area is 284 Å². The fraction of sp³-hybridized carbons (Fsp3) is 0. The number of nitrogens with zero attached hydrogens (tertiary/aromatic N) is 1. The second kappa shape index (κ2) is 10.1. The van der Waals surface area contributed by atoms with Crippen LogP contribution in [0.25, 0.3) is 0 Å². The lowest BCUT2D eigenvalue weighted by atomic mass is 9.35. The van der Waals surface area contributed by atoms with Crippen LogP contribution < -0.4 is 56.6 Å². The average molecular weight is 629 g/mol. The highest BCUT2D eigenvalue weighted by molar-refractivity contribution is 6.99. The molecule has 7 aromatic rings. The molecule has 0 spiro atoms. The third-order valence-electron chi connectivity index (χ3n) is 10.1. The standard InChI is InChI=1S/C42H25B2NO4/c1-2-10-26(11-3-1)45(27-20-22-35-31(24-27)43-29-12-4-6-14-33(29)46-37-16-8-18-39(48-35)41(37)43)28-21-23-36-32(25-28)44-30-13-5-7-15-34(30)47-38-17-9-19-40(49-36)42(38)44/h1-25H. The van der Waals surface area contributed by atoms with Crippen LogP contribution in [0.15, 0.2) is 152 Å². The van der Waals surface area contributed by atoms with Crippen molar-refractivity contribution in [3.05, 3.63) is 152 Å². The zero-order valence-electron chi connectivity index (χ0n) is 26.2. The van der Waals surface area contributed by atoms with E-state index in [0.29, 0.717) is 0 Å². The fourth-order valence-corrected chi connectivity index (χ4v) is 8.04. The third-order valence-corrected chi connectivity index (χ3v) is 10.1. The molecule has 49 heavy (non-hydrogen) atoms. The quantitative estimate of drug-likeness (QED) is 0.206. The zero-order chi connectivity index (χ0) is 32.1. The van der Waals surface area contributed by atoms with Gasteiger partial charge in [-0.2, -0.15) is 0 Å². The maximum absolute atomic E-state index is 6.55. The Kier molecular flexibility index (Phi) is 5.50. The molecule has 11 rings (SSSR count). The van der Waals surface area contributed by atoms with Gasteiger partial charge in [-0.25, -0.2) is 0 Å². The number of ether oxygens (including phenoxy) is 4. The van der Waals surface area contributed by atoms with Crippen molar-refractivity contribution in [2.75, 3.05) is 4.90 Å². The summed E-state index contributed by atoms with van der Waals surface area (Å²) in [6.07, 6.45) is 0. The van der Waals surface area contributed by atoms with E-state index in [0.717, 1.165) is 95.8 Å². The maximum atomic E-state index is 6.55. The van der Waals surface area contributed by atoms with Crippen LogP contribution in [-0.4, -0.2) is 13.4 Å². The summed E-state index contributed by atoms with van der Waals surface area (Å²) in [4.78, 5) is 2.32. The normalized spacial score (nSPS) is 13.5. The van der Waals surface area contributed by atoms with Gasteiger partial charge in [-0.3, -0.25) is 0 Å². The summed E-state index contributed by atoms with van der Waals surface area (Å²) in [5, 5.41) is 0. The lowest BCUT2D eigenvalue weighted by Gasteiger charge is -2.35. The Bertz CT molecular complexity index is 2320. The summed E-state index contributed by atoms with van der Waals surface area (Å²) in [5.41, 5.74) is 9.72. The van der Waals surface area contributed by atoms with E-state index < -0.39 is 0 Å². The van der Waals surface area contributed by atoms with E-state index in [9.17, 15) is 0 Å². The second-order valence-corrected chi connectivity index (χ2v) is 12.8. The van der Waals surface area contributed by atoms with Gasteiger partial charge in [0.05, 0.1) is 0 Å². The Hall–Kier alpha value is -6.33. The molecule has 0 amide bonds. The number of rotatable bonds is 3. The highest BCUT2D eigenvalue weighted by Gasteiger charge is 2.42. The molecule has 7 heteroatoms. The summed E-state index contributed by atoms with van der Waals surface area (Å²) < 4.78 is 25.9. The van der Waals surface area contributed by atoms with Crippen LogP contribution in [0, 0.1) is 0 Å². The van der Waals surface area contributed by atoms with Gasteiger partial charge in [-0.1, -0.05) is 66.7 Å². The molecule has 4 aliphatic heterocycles. The number of anilines is 3. The van der Waals surface area contributed by atoms with Crippen LogP contribution in [0.1, 0.15) is 0 Å². The summed E-state index contributed by atoms with van der Waals surface area (Å²) >= 11 is 0. The number of benzene rings is 7. The first kappa shape index (κ1) is 26.7. The minimum atomic E-state index is -0.0249. The molecule has 0 saturated carbocycles. The Morgan fingerprint density at radius 2 is 0.694 bits per heavy atom. The predicted octanol–water partition coefficient (Wildman–Crippen LogP) is 6.61. The van der Waals surface area contributed by atoms with Gasteiger partial charge >= 0.3 is 0 Å². The van der Waals surface area contributed by atoms with Crippen molar-refractivity contribution in [1.82, 2.24) is 0 Å². The van der Waals surface area contributed by atoms with E-state index >= 15 is 0 Å². The average Bonchev–Trinajstić information content (AvgIpc) is 3.15. The van der Waals surface area contributed by atoms with Crippen LogP contribution in [-0.2, 0) is 0 Å². The molecule has 0 N–H and O–H groups in total. The zero-order valence-corrected chi connectivity index (χ0v) is 26.2. The van der Waals surface area contributed by atoms with E-state index in [4.69, 9.17) is 18.9 Å². The molecule has 0 aromatic heterocycles. The second-order valence-electron chi connectivity index (χ2n) is 12.8. The molecule has 0 unspecified atom stereocenters.